The first-order valence-corrected chi connectivity index (χ1v) is 10.4. The maximum atomic E-state index is 12.6. The minimum atomic E-state index is -0.143. The Bertz CT molecular complexity index is 863. The zero-order valence-corrected chi connectivity index (χ0v) is 16.8. The fourth-order valence-electron chi connectivity index (χ4n) is 2.81. The first-order valence-electron chi connectivity index (χ1n) is 8.85. The van der Waals surface area contributed by atoms with Crippen LogP contribution in [-0.2, 0) is 10.5 Å². The van der Waals surface area contributed by atoms with Gasteiger partial charge in [-0.2, -0.15) is 0 Å². The lowest BCUT2D eigenvalue weighted by Crippen LogP contribution is -2.30. The minimum Gasteiger partial charge on any atom is -0.344 e. The molecule has 0 unspecified atom stereocenters. The average molecular weight is 396 g/mol. The molecule has 0 aromatic heterocycles. The number of thioether (sulfide) groups is 1. The monoisotopic (exact) mass is 395 g/mol. The molecule has 0 saturated carbocycles. The van der Waals surface area contributed by atoms with E-state index in [2.05, 4.69) is 36.5 Å². The van der Waals surface area contributed by atoms with Crippen LogP contribution in [0.25, 0.3) is 0 Å². The number of amides is 1. The van der Waals surface area contributed by atoms with E-state index in [0.29, 0.717) is 5.75 Å². The number of aryl methyl sites for hydroxylation is 1. The number of carbonyl (C=O) groups is 1. The van der Waals surface area contributed by atoms with E-state index < -0.39 is 0 Å². The second kappa shape index (κ2) is 9.63. The lowest BCUT2D eigenvalue weighted by atomic mass is 9.98. The summed E-state index contributed by atoms with van der Waals surface area (Å²) in [6.07, 6.45) is 0. The second-order valence-electron chi connectivity index (χ2n) is 6.44. The molecule has 27 heavy (non-hydrogen) atoms. The normalized spacial score (nSPS) is 11.8. The molecule has 0 aliphatic rings. The highest BCUT2D eigenvalue weighted by molar-refractivity contribution is 7.99. The highest BCUT2D eigenvalue weighted by Crippen LogP contribution is 2.23. The van der Waals surface area contributed by atoms with Crippen molar-refractivity contribution in [3.8, 4) is 0 Å². The van der Waals surface area contributed by atoms with Crippen molar-refractivity contribution >= 4 is 29.3 Å². The Labute approximate surface area is 170 Å². The van der Waals surface area contributed by atoms with Crippen molar-refractivity contribution in [2.45, 2.75) is 18.7 Å². The van der Waals surface area contributed by atoms with Crippen LogP contribution in [0.3, 0.4) is 0 Å². The molecule has 4 heteroatoms. The van der Waals surface area contributed by atoms with Crippen molar-refractivity contribution < 1.29 is 4.79 Å². The van der Waals surface area contributed by atoms with Gasteiger partial charge in [0.15, 0.2) is 0 Å². The molecule has 0 fully saturated rings. The van der Waals surface area contributed by atoms with Gasteiger partial charge in [0.1, 0.15) is 0 Å². The van der Waals surface area contributed by atoms with E-state index in [1.54, 1.807) is 11.8 Å². The third-order valence-corrected chi connectivity index (χ3v) is 5.52. The maximum absolute atomic E-state index is 12.6. The van der Waals surface area contributed by atoms with E-state index in [-0.39, 0.29) is 11.9 Å². The van der Waals surface area contributed by atoms with Crippen LogP contribution in [0.2, 0.25) is 5.02 Å². The Kier molecular flexibility index (Phi) is 6.97. The molecule has 0 bridgehead atoms. The van der Waals surface area contributed by atoms with Gasteiger partial charge >= 0.3 is 0 Å². The molecule has 0 aliphatic heterocycles. The predicted molar refractivity (Wildman–Crippen MR) is 115 cm³/mol. The first kappa shape index (κ1) is 19.5. The van der Waals surface area contributed by atoms with Gasteiger partial charge in [-0.15, -0.1) is 11.8 Å². The smallest absolute Gasteiger partial charge is 0.230 e. The molecule has 0 radical (unpaired) electrons. The van der Waals surface area contributed by atoms with E-state index in [1.807, 2.05) is 54.6 Å². The highest BCUT2D eigenvalue weighted by atomic mass is 35.5. The van der Waals surface area contributed by atoms with Gasteiger partial charge in [0.05, 0.1) is 11.8 Å². The van der Waals surface area contributed by atoms with Crippen LogP contribution in [0.4, 0.5) is 0 Å². The average Bonchev–Trinajstić information content (AvgIpc) is 2.69. The van der Waals surface area contributed by atoms with Crippen LogP contribution in [0.5, 0.6) is 0 Å². The molecule has 0 heterocycles. The van der Waals surface area contributed by atoms with Crippen molar-refractivity contribution in [2.75, 3.05) is 5.75 Å². The largest absolute Gasteiger partial charge is 0.344 e. The molecule has 1 amide bonds. The molecule has 0 spiro atoms. The van der Waals surface area contributed by atoms with Gasteiger partial charge in [-0.05, 0) is 35.7 Å². The van der Waals surface area contributed by atoms with Gasteiger partial charge in [-0.1, -0.05) is 83.9 Å². The van der Waals surface area contributed by atoms with E-state index in [9.17, 15) is 4.79 Å². The van der Waals surface area contributed by atoms with Crippen molar-refractivity contribution in [3.63, 3.8) is 0 Å². The van der Waals surface area contributed by atoms with Gasteiger partial charge in [0.25, 0.3) is 0 Å². The van der Waals surface area contributed by atoms with E-state index >= 15 is 0 Å². The van der Waals surface area contributed by atoms with Gasteiger partial charge in [0.2, 0.25) is 5.91 Å². The van der Waals surface area contributed by atoms with Gasteiger partial charge in [-0.3, -0.25) is 4.79 Å². The highest BCUT2D eigenvalue weighted by Gasteiger charge is 2.16. The van der Waals surface area contributed by atoms with Gasteiger partial charge in [0, 0.05) is 10.8 Å². The molecule has 2 nitrogen and oxygen atoms in total. The SMILES string of the molecule is Cc1ccc([C@H](NC(=O)CSCc2ccc(Cl)cc2)c2ccccc2)cc1. The Morgan fingerprint density at radius 2 is 1.56 bits per heavy atom. The van der Waals surface area contributed by atoms with Crippen LogP contribution < -0.4 is 5.32 Å². The first-order chi connectivity index (χ1) is 13.1. The molecular formula is C23H22ClNOS. The lowest BCUT2D eigenvalue weighted by molar-refractivity contribution is -0.119. The molecule has 3 aromatic rings. The maximum Gasteiger partial charge on any atom is 0.230 e. The van der Waals surface area contributed by atoms with Crippen LogP contribution in [0.1, 0.15) is 28.3 Å². The Hall–Kier alpha value is -2.23. The topological polar surface area (TPSA) is 29.1 Å². The third-order valence-electron chi connectivity index (χ3n) is 4.26. The van der Waals surface area contributed by atoms with Gasteiger partial charge in [-0.25, -0.2) is 0 Å². The molecule has 3 rings (SSSR count). The zero-order chi connectivity index (χ0) is 19.1. The second-order valence-corrected chi connectivity index (χ2v) is 7.86. The fourth-order valence-corrected chi connectivity index (χ4v) is 3.73. The molecule has 0 aliphatic carbocycles. The Balaban J connectivity index is 1.63. The molecule has 1 atom stereocenters. The molecule has 138 valence electrons. The quantitative estimate of drug-likeness (QED) is 0.548. The molecular weight excluding hydrogens is 374 g/mol. The number of hydrogen-bond donors (Lipinski definition) is 1. The molecule has 3 aromatic carbocycles. The zero-order valence-electron chi connectivity index (χ0n) is 15.2. The van der Waals surface area contributed by atoms with Crippen LogP contribution in [-0.4, -0.2) is 11.7 Å². The predicted octanol–water partition coefficient (Wildman–Crippen LogP) is 5.79. The summed E-state index contributed by atoms with van der Waals surface area (Å²) in [4.78, 5) is 12.6. The van der Waals surface area contributed by atoms with Gasteiger partial charge < -0.3 is 5.32 Å². The van der Waals surface area contributed by atoms with Crippen LogP contribution in [0, 0.1) is 6.92 Å². The van der Waals surface area contributed by atoms with E-state index in [1.165, 1.54) is 5.56 Å². The summed E-state index contributed by atoms with van der Waals surface area (Å²) in [6.45, 7) is 2.06. The summed E-state index contributed by atoms with van der Waals surface area (Å²) in [6, 6.07) is 26.0. The number of benzene rings is 3. The summed E-state index contributed by atoms with van der Waals surface area (Å²) in [7, 11) is 0. The van der Waals surface area contributed by atoms with E-state index in [4.69, 9.17) is 11.6 Å². The number of nitrogens with one attached hydrogen (secondary N) is 1. The van der Waals surface area contributed by atoms with Crippen LogP contribution >= 0.6 is 23.4 Å². The standard InChI is InChI=1S/C23H22ClNOS/c1-17-7-11-20(12-8-17)23(19-5-3-2-4-6-19)25-22(26)16-27-15-18-9-13-21(24)14-10-18/h2-14,23H,15-16H2,1H3,(H,25,26)/t23-/m1/s1. The van der Waals surface area contributed by atoms with Crippen molar-refractivity contribution in [3.05, 3.63) is 106 Å². The van der Waals surface area contributed by atoms with Crippen molar-refractivity contribution in [1.29, 1.82) is 0 Å². The Morgan fingerprint density at radius 1 is 0.926 bits per heavy atom. The third kappa shape index (κ3) is 5.88. The summed E-state index contributed by atoms with van der Waals surface area (Å²) >= 11 is 7.51. The number of carbonyl (C=O) groups excluding carboxylic acids is 1. The van der Waals surface area contributed by atoms with E-state index in [0.717, 1.165) is 27.5 Å². The fraction of sp³-hybridized carbons (Fsp3) is 0.174. The minimum absolute atomic E-state index is 0.0309. The van der Waals surface area contributed by atoms with Crippen LogP contribution in [0.15, 0.2) is 78.9 Å². The summed E-state index contributed by atoms with van der Waals surface area (Å²) < 4.78 is 0. The van der Waals surface area contributed by atoms with Crippen molar-refractivity contribution in [1.82, 2.24) is 5.32 Å². The number of hydrogen-bond acceptors (Lipinski definition) is 2. The lowest BCUT2D eigenvalue weighted by Gasteiger charge is -2.20. The van der Waals surface area contributed by atoms with Crippen molar-refractivity contribution in [2.24, 2.45) is 0 Å². The molecule has 0 saturated heterocycles. The molecule has 1 N–H and O–H groups in total. The number of rotatable bonds is 7. The summed E-state index contributed by atoms with van der Waals surface area (Å²) in [5.41, 5.74) is 4.53. The summed E-state index contributed by atoms with van der Waals surface area (Å²) in [5.74, 6) is 1.23. The number of halogens is 1. The summed E-state index contributed by atoms with van der Waals surface area (Å²) in [5, 5.41) is 3.91. The Morgan fingerprint density at radius 3 is 2.22 bits per heavy atom.